The SMILES string of the molecule is CCCC1CC(=O)C2=C(C1)NC(C)=C(C#N)C2c1cc(Br)c(OCc2cccc(OCC(=O)NCc3cccs3)c2)c(OCC)c1. The van der Waals surface area contributed by atoms with Crippen LogP contribution in [0.5, 0.6) is 17.2 Å². The first-order chi connectivity index (χ1) is 22.3. The van der Waals surface area contributed by atoms with Crippen LogP contribution in [0.15, 0.2) is 80.9 Å². The molecule has 0 spiro atoms. The van der Waals surface area contributed by atoms with Gasteiger partial charge >= 0.3 is 0 Å². The monoisotopic (exact) mass is 703 g/mol. The number of halogens is 1. The molecule has 240 valence electrons. The number of hydrogen-bond donors (Lipinski definition) is 2. The molecule has 2 atom stereocenters. The topological polar surface area (TPSA) is 110 Å². The van der Waals surface area contributed by atoms with Gasteiger partial charge in [-0.1, -0.05) is 31.5 Å². The third-order valence-electron chi connectivity index (χ3n) is 8.09. The van der Waals surface area contributed by atoms with Gasteiger partial charge in [-0.25, -0.2) is 0 Å². The minimum atomic E-state index is -0.489. The fraction of sp³-hybridized carbons (Fsp3) is 0.361. The highest BCUT2D eigenvalue weighted by atomic mass is 79.9. The van der Waals surface area contributed by atoms with Crippen molar-refractivity contribution in [3.63, 3.8) is 0 Å². The van der Waals surface area contributed by atoms with Gasteiger partial charge < -0.3 is 24.8 Å². The summed E-state index contributed by atoms with van der Waals surface area (Å²) >= 11 is 5.28. The summed E-state index contributed by atoms with van der Waals surface area (Å²) in [5.41, 5.74) is 4.54. The molecule has 0 bridgehead atoms. The summed E-state index contributed by atoms with van der Waals surface area (Å²) in [6.07, 6.45) is 3.31. The summed E-state index contributed by atoms with van der Waals surface area (Å²) in [5.74, 6) is 1.31. The van der Waals surface area contributed by atoms with Crippen LogP contribution in [0.3, 0.4) is 0 Å². The van der Waals surface area contributed by atoms with Gasteiger partial charge in [-0.2, -0.15) is 5.26 Å². The lowest BCUT2D eigenvalue weighted by atomic mass is 9.72. The standard InChI is InChI=1S/C36H38BrN3O5S/c1-4-8-23-14-30-35(31(41)15-23)34(28(18-38)22(3)40-30)25-16-29(37)36(32(17-25)43-5-2)45-20-24-9-6-10-26(13-24)44-21-33(42)39-19-27-11-7-12-46-27/h6-7,9-13,16-17,23,34,40H,4-5,8,14-15,19-21H2,1-3H3,(H,39,42). The maximum absolute atomic E-state index is 13.6. The molecular weight excluding hydrogens is 666 g/mol. The van der Waals surface area contributed by atoms with Crippen LogP contribution in [0, 0.1) is 17.2 Å². The normalized spacial score (nSPS) is 17.6. The maximum atomic E-state index is 13.6. The first-order valence-electron chi connectivity index (χ1n) is 15.5. The molecule has 3 aromatic rings. The lowest BCUT2D eigenvalue weighted by Gasteiger charge is -2.35. The predicted molar refractivity (Wildman–Crippen MR) is 182 cm³/mol. The van der Waals surface area contributed by atoms with E-state index in [1.165, 1.54) is 0 Å². The average molecular weight is 705 g/mol. The molecule has 2 heterocycles. The van der Waals surface area contributed by atoms with Crippen LogP contribution in [0.25, 0.3) is 0 Å². The Hall–Kier alpha value is -4.07. The van der Waals surface area contributed by atoms with Gasteiger partial charge in [0, 0.05) is 28.3 Å². The molecule has 5 rings (SSSR count). The highest BCUT2D eigenvalue weighted by Gasteiger charge is 2.39. The van der Waals surface area contributed by atoms with Crippen LogP contribution in [-0.4, -0.2) is 24.9 Å². The third-order valence-corrected chi connectivity index (χ3v) is 9.55. The van der Waals surface area contributed by atoms with E-state index in [1.807, 2.05) is 61.7 Å². The molecule has 10 heteroatoms. The Balaban J connectivity index is 1.33. The number of carbonyl (C=O) groups excluding carboxylic acids is 2. The number of nitrogens with zero attached hydrogens (tertiary/aromatic N) is 1. The number of ether oxygens (including phenoxy) is 3. The van der Waals surface area contributed by atoms with Crippen molar-refractivity contribution < 1.29 is 23.8 Å². The molecular formula is C36H38BrN3O5S. The first kappa shape index (κ1) is 33.3. The first-order valence-corrected chi connectivity index (χ1v) is 17.2. The Morgan fingerprint density at radius 2 is 1.98 bits per heavy atom. The number of rotatable bonds is 13. The van der Waals surface area contributed by atoms with E-state index >= 15 is 0 Å². The van der Waals surface area contributed by atoms with E-state index in [-0.39, 0.29) is 24.9 Å². The van der Waals surface area contributed by atoms with Crippen molar-refractivity contribution in [3.8, 4) is 23.3 Å². The summed E-state index contributed by atoms with van der Waals surface area (Å²) < 4.78 is 18.7. The van der Waals surface area contributed by atoms with Gasteiger partial charge in [0.05, 0.1) is 35.2 Å². The zero-order chi connectivity index (χ0) is 32.6. The minimum absolute atomic E-state index is 0.0909. The van der Waals surface area contributed by atoms with E-state index in [0.29, 0.717) is 58.4 Å². The van der Waals surface area contributed by atoms with Crippen LogP contribution in [0.4, 0.5) is 0 Å². The van der Waals surface area contributed by atoms with Crippen molar-refractivity contribution in [2.24, 2.45) is 5.92 Å². The van der Waals surface area contributed by atoms with Crippen molar-refractivity contribution in [3.05, 3.63) is 96.9 Å². The number of nitriles is 1. The van der Waals surface area contributed by atoms with E-state index in [2.05, 4.69) is 39.6 Å². The van der Waals surface area contributed by atoms with Gasteiger partial charge in [-0.15, -0.1) is 11.3 Å². The number of thiophene rings is 1. The number of Topliss-reactive ketones (excluding diaryl/α,β-unsaturated/α-hetero) is 1. The zero-order valence-corrected chi connectivity index (χ0v) is 28.7. The summed E-state index contributed by atoms with van der Waals surface area (Å²) in [6, 6.07) is 17.5. The number of nitrogens with one attached hydrogen (secondary N) is 2. The van der Waals surface area contributed by atoms with Gasteiger partial charge in [0.15, 0.2) is 23.9 Å². The summed E-state index contributed by atoms with van der Waals surface area (Å²) in [6.45, 7) is 6.95. The van der Waals surface area contributed by atoms with Crippen LogP contribution in [0.2, 0.25) is 0 Å². The van der Waals surface area contributed by atoms with E-state index < -0.39 is 5.92 Å². The molecule has 1 aliphatic carbocycles. The smallest absolute Gasteiger partial charge is 0.258 e. The number of amides is 1. The lowest BCUT2D eigenvalue weighted by molar-refractivity contribution is -0.123. The van der Waals surface area contributed by atoms with Crippen molar-refractivity contribution in [1.82, 2.24) is 10.6 Å². The molecule has 2 N–H and O–H groups in total. The van der Waals surface area contributed by atoms with Crippen LogP contribution >= 0.6 is 27.3 Å². The largest absolute Gasteiger partial charge is 0.490 e. The molecule has 1 aromatic heterocycles. The molecule has 1 aliphatic heterocycles. The number of allylic oxidation sites excluding steroid dienone is 4. The van der Waals surface area contributed by atoms with Crippen molar-refractivity contribution in [2.45, 2.75) is 65.5 Å². The molecule has 0 radical (unpaired) electrons. The third kappa shape index (κ3) is 7.83. The highest BCUT2D eigenvalue weighted by molar-refractivity contribution is 9.10. The van der Waals surface area contributed by atoms with Crippen molar-refractivity contribution >= 4 is 39.0 Å². The predicted octanol–water partition coefficient (Wildman–Crippen LogP) is 7.70. The molecule has 8 nitrogen and oxygen atoms in total. The fourth-order valence-corrected chi connectivity index (χ4v) is 7.27. The Kier molecular flexibility index (Phi) is 11.2. The number of hydrogen-bond acceptors (Lipinski definition) is 8. The van der Waals surface area contributed by atoms with Crippen LogP contribution in [-0.2, 0) is 22.7 Å². The Bertz CT molecular complexity index is 1690. The van der Waals surface area contributed by atoms with Crippen LogP contribution in [0.1, 0.15) is 68.4 Å². The van der Waals surface area contributed by atoms with Crippen molar-refractivity contribution in [2.75, 3.05) is 13.2 Å². The maximum Gasteiger partial charge on any atom is 0.258 e. The second-order valence-corrected chi connectivity index (χ2v) is 13.3. The Labute approximate surface area is 282 Å². The van der Waals surface area contributed by atoms with Gasteiger partial charge in [-0.05, 0) is 95.4 Å². The van der Waals surface area contributed by atoms with Gasteiger partial charge in [-0.3, -0.25) is 9.59 Å². The highest BCUT2D eigenvalue weighted by Crippen LogP contribution is 2.47. The molecule has 0 saturated heterocycles. The van der Waals surface area contributed by atoms with Gasteiger partial charge in [0.25, 0.3) is 5.91 Å². The van der Waals surface area contributed by atoms with E-state index in [9.17, 15) is 14.9 Å². The molecule has 2 aromatic carbocycles. The molecule has 2 aliphatic rings. The minimum Gasteiger partial charge on any atom is -0.490 e. The van der Waals surface area contributed by atoms with E-state index in [4.69, 9.17) is 14.2 Å². The number of benzene rings is 2. The van der Waals surface area contributed by atoms with E-state index in [0.717, 1.165) is 46.7 Å². The second kappa shape index (κ2) is 15.5. The molecule has 2 unspecified atom stereocenters. The number of carbonyl (C=O) groups is 2. The number of ketones is 1. The average Bonchev–Trinajstić information content (AvgIpc) is 3.56. The Morgan fingerprint density at radius 3 is 2.72 bits per heavy atom. The van der Waals surface area contributed by atoms with Crippen LogP contribution < -0.4 is 24.8 Å². The Morgan fingerprint density at radius 1 is 1.13 bits per heavy atom. The zero-order valence-electron chi connectivity index (χ0n) is 26.3. The fourth-order valence-electron chi connectivity index (χ4n) is 6.05. The summed E-state index contributed by atoms with van der Waals surface area (Å²) in [7, 11) is 0. The molecule has 46 heavy (non-hydrogen) atoms. The van der Waals surface area contributed by atoms with E-state index in [1.54, 1.807) is 17.4 Å². The lowest BCUT2D eigenvalue weighted by Crippen LogP contribution is -2.34. The van der Waals surface area contributed by atoms with Gasteiger partial charge in [0.1, 0.15) is 12.4 Å². The number of dihydropyridines is 1. The molecule has 0 saturated carbocycles. The molecule has 0 fully saturated rings. The van der Waals surface area contributed by atoms with Crippen molar-refractivity contribution in [1.29, 1.82) is 5.26 Å². The summed E-state index contributed by atoms with van der Waals surface area (Å²) in [4.78, 5) is 26.9. The molecule has 1 amide bonds. The quantitative estimate of drug-likeness (QED) is 0.188. The summed E-state index contributed by atoms with van der Waals surface area (Å²) in [5, 5.41) is 18.4. The van der Waals surface area contributed by atoms with Gasteiger partial charge in [0.2, 0.25) is 0 Å². The second-order valence-electron chi connectivity index (χ2n) is 11.4.